The Labute approximate surface area is 114 Å². The molecule has 1 aromatic heterocycles. The number of hydrogen-bond donors (Lipinski definition) is 1. The molecular weight excluding hydrogens is 246 g/mol. The van der Waals surface area contributed by atoms with E-state index in [9.17, 15) is 0 Å². The van der Waals surface area contributed by atoms with Gasteiger partial charge in [0.25, 0.3) is 0 Å². The first-order valence-corrected chi connectivity index (χ1v) is 7.55. The van der Waals surface area contributed by atoms with Crippen molar-refractivity contribution in [3.05, 3.63) is 10.6 Å². The van der Waals surface area contributed by atoms with Gasteiger partial charge in [-0.1, -0.05) is 25.3 Å². The molecule has 0 amide bonds. The summed E-state index contributed by atoms with van der Waals surface area (Å²) in [4.78, 5) is 1.30. The smallest absolute Gasteiger partial charge is 0.0801 e. The van der Waals surface area contributed by atoms with Crippen molar-refractivity contribution in [3.8, 4) is 0 Å². The molecule has 0 radical (unpaired) electrons. The van der Waals surface area contributed by atoms with E-state index < -0.39 is 0 Å². The van der Waals surface area contributed by atoms with E-state index in [0.717, 1.165) is 38.1 Å². The van der Waals surface area contributed by atoms with Crippen LogP contribution in [0.2, 0.25) is 0 Å². The van der Waals surface area contributed by atoms with Crippen LogP contribution in [0.15, 0.2) is 0 Å². The quantitative estimate of drug-likeness (QED) is 0.750. The topological polar surface area (TPSA) is 47.0 Å². The number of methoxy groups -OCH3 is 1. The van der Waals surface area contributed by atoms with Gasteiger partial charge in [0, 0.05) is 19.8 Å². The second-order valence-electron chi connectivity index (χ2n) is 4.63. The van der Waals surface area contributed by atoms with Crippen LogP contribution in [0.5, 0.6) is 0 Å². The van der Waals surface area contributed by atoms with E-state index in [1.54, 1.807) is 7.11 Å². The maximum Gasteiger partial charge on any atom is 0.0801 e. The summed E-state index contributed by atoms with van der Waals surface area (Å²) in [5, 5.41) is 7.85. The maximum atomic E-state index is 5.19. The lowest BCUT2D eigenvalue weighted by Gasteiger charge is -2.24. The van der Waals surface area contributed by atoms with Gasteiger partial charge in [0.1, 0.15) is 0 Å². The molecule has 1 rings (SSSR count). The second-order valence-corrected chi connectivity index (χ2v) is 5.41. The zero-order valence-corrected chi connectivity index (χ0v) is 12.7. The number of hydrogen-bond acceptors (Lipinski definition) is 5. The monoisotopic (exact) mass is 271 g/mol. The fraction of sp³-hybridized carbons (Fsp3) is 0.846. The van der Waals surface area contributed by atoms with Crippen LogP contribution in [0.25, 0.3) is 0 Å². The van der Waals surface area contributed by atoms with Gasteiger partial charge in [0.05, 0.1) is 10.6 Å². The van der Waals surface area contributed by atoms with Crippen LogP contribution in [0, 0.1) is 5.92 Å². The van der Waals surface area contributed by atoms with Gasteiger partial charge in [-0.2, -0.15) is 0 Å². The molecular formula is C13H25N3OS. The lowest BCUT2D eigenvalue weighted by Crippen LogP contribution is -2.28. The minimum atomic E-state index is 0.357. The minimum Gasteiger partial charge on any atom is -0.385 e. The largest absolute Gasteiger partial charge is 0.385 e. The molecule has 4 nitrogen and oxygen atoms in total. The van der Waals surface area contributed by atoms with Crippen molar-refractivity contribution in [2.75, 3.05) is 20.3 Å². The van der Waals surface area contributed by atoms with Crippen LogP contribution in [0.4, 0.5) is 0 Å². The Bertz CT molecular complexity index is 330. The predicted octanol–water partition coefficient (Wildman–Crippen LogP) is 2.81. The summed E-state index contributed by atoms with van der Waals surface area (Å²) in [6.45, 7) is 8.43. The van der Waals surface area contributed by atoms with Crippen molar-refractivity contribution in [2.24, 2.45) is 5.92 Å². The molecule has 0 aliphatic rings. The van der Waals surface area contributed by atoms with E-state index >= 15 is 0 Å². The van der Waals surface area contributed by atoms with E-state index in [1.165, 1.54) is 16.4 Å². The van der Waals surface area contributed by atoms with Crippen molar-refractivity contribution in [1.29, 1.82) is 0 Å². The Hall–Kier alpha value is -0.520. The number of rotatable bonds is 9. The maximum absolute atomic E-state index is 5.19. The third-order valence-electron chi connectivity index (χ3n) is 3.16. The van der Waals surface area contributed by atoms with E-state index in [2.05, 4.69) is 35.7 Å². The van der Waals surface area contributed by atoms with Crippen LogP contribution in [-0.4, -0.2) is 29.8 Å². The highest BCUT2D eigenvalue weighted by Crippen LogP contribution is 2.29. The molecule has 104 valence electrons. The summed E-state index contributed by atoms with van der Waals surface area (Å²) in [5.41, 5.74) is 1.14. The molecule has 18 heavy (non-hydrogen) atoms. The first-order chi connectivity index (χ1) is 8.74. The second kappa shape index (κ2) is 8.56. The summed E-state index contributed by atoms with van der Waals surface area (Å²) in [7, 11) is 1.76. The standard InChI is InChI=1S/C13H25N3OS/c1-5-8-14-12(10(3)7-9-17-4)13-11(6-2)15-16-18-13/h10,12,14H,5-9H2,1-4H3. The summed E-state index contributed by atoms with van der Waals surface area (Å²) < 4.78 is 9.29. The van der Waals surface area contributed by atoms with Crippen LogP contribution in [0.3, 0.4) is 0 Å². The molecule has 1 N–H and O–H groups in total. The van der Waals surface area contributed by atoms with Gasteiger partial charge in [-0.05, 0) is 43.3 Å². The molecule has 2 unspecified atom stereocenters. The highest BCUT2D eigenvalue weighted by Gasteiger charge is 2.23. The van der Waals surface area contributed by atoms with E-state index in [0.29, 0.717) is 12.0 Å². The molecule has 0 spiro atoms. The van der Waals surface area contributed by atoms with Crippen LogP contribution in [0.1, 0.15) is 50.2 Å². The van der Waals surface area contributed by atoms with Crippen molar-refractivity contribution >= 4 is 11.5 Å². The van der Waals surface area contributed by atoms with Crippen molar-refractivity contribution in [2.45, 2.75) is 46.1 Å². The zero-order valence-electron chi connectivity index (χ0n) is 11.9. The van der Waals surface area contributed by atoms with Gasteiger partial charge in [0.15, 0.2) is 0 Å². The van der Waals surface area contributed by atoms with Crippen LogP contribution < -0.4 is 5.32 Å². The van der Waals surface area contributed by atoms with Gasteiger partial charge in [-0.15, -0.1) is 5.10 Å². The molecule has 0 aromatic carbocycles. The van der Waals surface area contributed by atoms with Crippen molar-refractivity contribution in [3.63, 3.8) is 0 Å². The lowest BCUT2D eigenvalue weighted by molar-refractivity contribution is 0.170. The van der Waals surface area contributed by atoms with E-state index in [4.69, 9.17) is 4.74 Å². The number of nitrogens with zero attached hydrogens (tertiary/aromatic N) is 2. The van der Waals surface area contributed by atoms with Crippen LogP contribution in [-0.2, 0) is 11.2 Å². The molecule has 0 saturated heterocycles. The zero-order chi connectivity index (χ0) is 13.4. The number of aromatic nitrogens is 2. The summed E-state index contributed by atoms with van der Waals surface area (Å²) >= 11 is 1.53. The first-order valence-electron chi connectivity index (χ1n) is 6.77. The molecule has 0 saturated carbocycles. The van der Waals surface area contributed by atoms with Gasteiger partial charge in [0.2, 0.25) is 0 Å². The summed E-state index contributed by atoms with van der Waals surface area (Å²) in [6.07, 6.45) is 3.15. The van der Waals surface area contributed by atoms with Crippen LogP contribution >= 0.6 is 11.5 Å². The summed E-state index contributed by atoms with van der Waals surface area (Å²) in [6, 6.07) is 0.357. The highest BCUT2D eigenvalue weighted by molar-refractivity contribution is 7.05. The van der Waals surface area contributed by atoms with Gasteiger partial charge < -0.3 is 10.1 Å². The van der Waals surface area contributed by atoms with E-state index in [1.807, 2.05) is 0 Å². The molecule has 0 aliphatic carbocycles. The van der Waals surface area contributed by atoms with E-state index in [-0.39, 0.29) is 0 Å². The molecule has 0 bridgehead atoms. The normalized spacial score (nSPS) is 14.7. The molecule has 1 aromatic rings. The Morgan fingerprint density at radius 1 is 1.39 bits per heavy atom. The van der Waals surface area contributed by atoms with Crippen molar-refractivity contribution < 1.29 is 4.74 Å². The fourth-order valence-corrected chi connectivity index (χ4v) is 2.97. The highest BCUT2D eigenvalue weighted by atomic mass is 32.1. The predicted molar refractivity (Wildman–Crippen MR) is 76.0 cm³/mol. The number of nitrogens with one attached hydrogen (secondary N) is 1. The lowest BCUT2D eigenvalue weighted by atomic mass is 9.95. The molecule has 5 heteroatoms. The average Bonchev–Trinajstić information content (AvgIpc) is 2.85. The number of aryl methyl sites for hydroxylation is 1. The summed E-state index contributed by atoms with van der Waals surface area (Å²) in [5.74, 6) is 0.532. The Morgan fingerprint density at radius 3 is 2.78 bits per heavy atom. The van der Waals surface area contributed by atoms with Crippen molar-refractivity contribution in [1.82, 2.24) is 14.9 Å². The van der Waals surface area contributed by atoms with Gasteiger partial charge in [-0.3, -0.25) is 0 Å². The van der Waals surface area contributed by atoms with Gasteiger partial charge >= 0.3 is 0 Å². The Balaban J connectivity index is 2.76. The Kier molecular flexibility index (Phi) is 7.39. The third-order valence-corrected chi connectivity index (χ3v) is 4.01. The molecule has 2 atom stereocenters. The molecule has 1 heterocycles. The molecule has 0 aliphatic heterocycles. The molecule has 0 fully saturated rings. The first kappa shape index (κ1) is 15.5. The number of ether oxygens (including phenoxy) is 1. The van der Waals surface area contributed by atoms with Gasteiger partial charge in [-0.25, -0.2) is 0 Å². The Morgan fingerprint density at radius 2 is 2.17 bits per heavy atom. The average molecular weight is 271 g/mol. The minimum absolute atomic E-state index is 0.357. The fourth-order valence-electron chi connectivity index (χ4n) is 2.02. The SMILES string of the molecule is CCCNC(c1snnc1CC)C(C)CCOC. The third kappa shape index (κ3) is 4.30.